The van der Waals surface area contributed by atoms with E-state index in [0.717, 1.165) is 34.0 Å². The molecule has 2 aromatic carbocycles. The summed E-state index contributed by atoms with van der Waals surface area (Å²) in [6.07, 6.45) is 2.75. The number of hydrogen-bond acceptors (Lipinski definition) is 2. The van der Waals surface area contributed by atoms with E-state index in [1.807, 2.05) is 32.2 Å². The smallest absolute Gasteiger partial charge is 0.328 e. The zero-order valence-corrected chi connectivity index (χ0v) is 12.4. The molecule has 0 amide bonds. The van der Waals surface area contributed by atoms with Crippen molar-refractivity contribution in [2.24, 2.45) is 7.05 Å². The molecule has 1 heterocycles. The largest absolute Gasteiger partial charge is 0.478 e. The minimum absolute atomic E-state index is 0.808. The number of benzene rings is 2. The molecule has 3 rings (SSSR count). The number of fused-ring (bicyclic) bond motifs is 1. The molecule has 3 aromatic rings. The monoisotopic (exact) mass is 292 g/mol. The molecule has 0 atom stereocenters. The van der Waals surface area contributed by atoms with Crippen molar-refractivity contribution in [2.45, 2.75) is 6.92 Å². The van der Waals surface area contributed by atoms with Gasteiger partial charge in [0.25, 0.3) is 0 Å². The van der Waals surface area contributed by atoms with Crippen LogP contribution in [0.1, 0.15) is 11.3 Å². The van der Waals surface area contributed by atoms with Gasteiger partial charge in [0.05, 0.1) is 11.4 Å². The van der Waals surface area contributed by atoms with Gasteiger partial charge in [-0.05, 0) is 29.8 Å². The zero-order valence-electron chi connectivity index (χ0n) is 12.4. The van der Waals surface area contributed by atoms with Gasteiger partial charge in [-0.15, -0.1) is 0 Å². The van der Waals surface area contributed by atoms with Crippen LogP contribution in [-0.2, 0) is 11.8 Å². The molecular weight excluding hydrogens is 276 g/mol. The van der Waals surface area contributed by atoms with E-state index in [9.17, 15) is 4.79 Å². The first-order valence-corrected chi connectivity index (χ1v) is 7.00. The third-order valence-corrected chi connectivity index (χ3v) is 3.68. The summed E-state index contributed by atoms with van der Waals surface area (Å²) in [5.41, 5.74) is 3.58. The summed E-state index contributed by atoms with van der Waals surface area (Å²) >= 11 is 0. The fraction of sp³-hybridized carbons (Fsp3) is 0.111. The van der Waals surface area contributed by atoms with Crippen LogP contribution in [0.2, 0.25) is 0 Å². The van der Waals surface area contributed by atoms with Gasteiger partial charge in [0, 0.05) is 24.3 Å². The van der Waals surface area contributed by atoms with Crippen LogP contribution in [-0.4, -0.2) is 20.9 Å². The Kier molecular flexibility index (Phi) is 3.51. The molecule has 4 heteroatoms. The van der Waals surface area contributed by atoms with E-state index in [4.69, 9.17) is 5.11 Å². The molecule has 0 fully saturated rings. The molecule has 0 saturated carbocycles. The van der Waals surface area contributed by atoms with Crippen molar-refractivity contribution in [1.29, 1.82) is 0 Å². The first kappa shape index (κ1) is 14.1. The van der Waals surface area contributed by atoms with E-state index in [-0.39, 0.29) is 0 Å². The zero-order chi connectivity index (χ0) is 15.7. The number of hydrogen-bond donors (Lipinski definition) is 1. The molecule has 0 bridgehead atoms. The molecule has 0 aliphatic carbocycles. The number of aliphatic carboxylic acids is 1. The molecule has 0 saturated heterocycles. The number of carboxylic acid groups (broad SMARTS) is 1. The van der Waals surface area contributed by atoms with Crippen molar-refractivity contribution >= 4 is 22.8 Å². The molecule has 0 radical (unpaired) electrons. The highest BCUT2D eigenvalue weighted by molar-refractivity contribution is 5.90. The van der Waals surface area contributed by atoms with Gasteiger partial charge in [-0.2, -0.15) is 5.10 Å². The van der Waals surface area contributed by atoms with Crippen LogP contribution in [0.25, 0.3) is 28.1 Å². The maximum atomic E-state index is 10.8. The van der Waals surface area contributed by atoms with E-state index in [2.05, 4.69) is 29.4 Å². The van der Waals surface area contributed by atoms with Crippen LogP contribution in [0.5, 0.6) is 0 Å². The number of rotatable bonds is 3. The second-order valence-corrected chi connectivity index (χ2v) is 5.20. The van der Waals surface area contributed by atoms with Gasteiger partial charge in [0.15, 0.2) is 0 Å². The topological polar surface area (TPSA) is 55.1 Å². The standard InChI is InChI=1S/C18H16N2O2/c1-12-16(9-10-17(21)22)18(20(2)19-12)15-8-7-13-5-3-4-6-14(13)11-15/h3-11H,1-2H3,(H,21,22). The summed E-state index contributed by atoms with van der Waals surface area (Å²) in [5, 5.41) is 15.6. The van der Waals surface area contributed by atoms with Gasteiger partial charge in [-0.1, -0.05) is 36.4 Å². The Labute approximate surface area is 128 Å². The first-order valence-electron chi connectivity index (χ1n) is 7.00. The average Bonchev–Trinajstić information content (AvgIpc) is 2.78. The van der Waals surface area contributed by atoms with E-state index < -0.39 is 5.97 Å². The van der Waals surface area contributed by atoms with E-state index in [1.54, 1.807) is 10.8 Å². The van der Waals surface area contributed by atoms with Crippen molar-refractivity contribution in [3.63, 3.8) is 0 Å². The normalized spacial score (nSPS) is 11.4. The lowest BCUT2D eigenvalue weighted by molar-refractivity contribution is -0.131. The fourth-order valence-corrected chi connectivity index (χ4v) is 2.71. The Hall–Kier alpha value is -2.88. The lowest BCUT2D eigenvalue weighted by atomic mass is 10.0. The number of aryl methyl sites for hydroxylation is 2. The number of aromatic nitrogens is 2. The van der Waals surface area contributed by atoms with Gasteiger partial charge >= 0.3 is 5.97 Å². The molecule has 0 aliphatic rings. The van der Waals surface area contributed by atoms with E-state index in [1.165, 1.54) is 5.39 Å². The van der Waals surface area contributed by atoms with E-state index >= 15 is 0 Å². The van der Waals surface area contributed by atoms with Gasteiger partial charge < -0.3 is 5.11 Å². The van der Waals surface area contributed by atoms with Crippen LogP contribution >= 0.6 is 0 Å². The molecule has 4 nitrogen and oxygen atoms in total. The Balaban J connectivity index is 2.19. The highest BCUT2D eigenvalue weighted by atomic mass is 16.4. The molecule has 22 heavy (non-hydrogen) atoms. The van der Waals surface area contributed by atoms with Crippen LogP contribution in [0.3, 0.4) is 0 Å². The molecule has 1 N–H and O–H groups in total. The van der Waals surface area contributed by atoms with Crippen molar-refractivity contribution in [3.05, 3.63) is 59.8 Å². The van der Waals surface area contributed by atoms with Gasteiger partial charge in [-0.3, -0.25) is 4.68 Å². The van der Waals surface area contributed by atoms with Crippen LogP contribution in [0.4, 0.5) is 0 Å². The van der Waals surface area contributed by atoms with Crippen LogP contribution < -0.4 is 0 Å². The highest BCUT2D eigenvalue weighted by Gasteiger charge is 2.13. The molecule has 110 valence electrons. The van der Waals surface area contributed by atoms with Crippen molar-refractivity contribution in [2.75, 3.05) is 0 Å². The second kappa shape index (κ2) is 5.48. The molecule has 0 aliphatic heterocycles. The third-order valence-electron chi connectivity index (χ3n) is 3.68. The molecule has 0 unspecified atom stereocenters. The lowest BCUT2D eigenvalue weighted by Gasteiger charge is -2.06. The number of nitrogens with zero attached hydrogens (tertiary/aromatic N) is 2. The van der Waals surface area contributed by atoms with Gasteiger partial charge in [0.1, 0.15) is 0 Å². The van der Waals surface area contributed by atoms with Crippen molar-refractivity contribution in [1.82, 2.24) is 9.78 Å². The summed E-state index contributed by atoms with van der Waals surface area (Å²) < 4.78 is 1.79. The summed E-state index contributed by atoms with van der Waals surface area (Å²) in [5.74, 6) is -0.965. The predicted molar refractivity (Wildman–Crippen MR) is 87.6 cm³/mol. The second-order valence-electron chi connectivity index (χ2n) is 5.20. The Morgan fingerprint density at radius 3 is 2.64 bits per heavy atom. The summed E-state index contributed by atoms with van der Waals surface area (Å²) in [7, 11) is 1.87. The first-order chi connectivity index (χ1) is 10.6. The minimum Gasteiger partial charge on any atom is -0.478 e. The number of carbonyl (C=O) groups is 1. The summed E-state index contributed by atoms with van der Waals surface area (Å²) in [6.45, 7) is 1.88. The van der Waals surface area contributed by atoms with Crippen LogP contribution in [0, 0.1) is 6.92 Å². The summed E-state index contributed by atoms with van der Waals surface area (Å²) in [6, 6.07) is 14.4. The molecular formula is C18H16N2O2. The highest BCUT2D eigenvalue weighted by Crippen LogP contribution is 2.29. The quantitative estimate of drug-likeness (QED) is 0.750. The lowest BCUT2D eigenvalue weighted by Crippen LogP contribution is -1.94. The van der Waals surface area contributed by atoms with Crippen LogP contribution in [0.15, 0.2) is 48.5 Å². The van der Waals surface area contributed by atoms with Crippen molar-refractivity contribution < 1.29 is 9.90 Å². The Morgan fingerprint density at radius 1 is 1.18 bits per heavy atom. The van der Waals surface area contributed by atoms with Gasteiger partial charge in [0.2, 0.25) is 0 Å². The Morgan fingerprint density at radius 2 is 1.91 bits per heavy atom. The summed E-state index contributed by atoms with van der Waals surface area (Å²) in [4.78, 5) is 10.8. The average molecular weight is 292 g/mol. The predicted octanol–water partition coefficient (Wildman–Crippen LogP) is 3.65. The van der Waals surface area contributed by atoms with Gasteiger partial charge in [-0.25, -0.2) is 4.79 Å². The molecule has 1 aromatic heterocycles. The minimum atomic E-state index is -0.965. The number of carboxylic acids is 1. The molecule has 0 spiro atoms. The van der Waals surface area contributed by atoms with E-state index in [0.29, 0.717) is 0 Å². The fourth-order valence-electron chi connectivity index (χ4n) is 2.71. The maximum Gasteiger partial charge on any atom is 0.328 e. The Bertz CT molecular complexity index is 891. The van der Waals surface area contributed by atoms with Crippen molar-refractivity contribution in [3.8, 4) is 11.3 Å². The third kappa shape index (κ3) is 2.51. The SMILES string of the molecule is Cc1nn(C)c(-c2ccc3ccccc3c2)c1C=CC(=O)O. The maximum absolute atomic E-state index is 10.8.